The highest BCUT2D eigenvalue weighted by Crippen LogP contribution is 2.68. The molecule has 4 aliphatic carbocycles. The van der Waals surface area contributed by atoms with E-state index < -0.39 is 17.7 Å². The first-order valence-corrected chi connectivity index (χ1v) is 8.64. The number of alkyl halides is 3. The van der Waals surface area contributed by atoms with Gasteiger partial charge in [-0.1, -0.05) is 12.2 Å². The van der Waals surface area contributed by atoms with Gasteiger partial charge < -0.3 is 4.74 Å². The zero-order valence-corrected chi connectivity index (χ0v) is 13.5. The van der Waals surface area contributed by atoms with E-state index in [0.29, 0.717) is 35.5 Å². The molecule has 8 unspecified atom stereocenters. The Bertz CT molecular complexity index is 555. The van der Waals surface area contributed by atoms with Crippen LogP contribution in [0.15, 0.2) is 12.2 Å². The number of allylic oxidation sites excluding steroid dienone is 2. The Balaban J connectivity index is 1.54. The van der Waals surface area contributed by atoms with Crippen LogP contribution < -0.4 is 0 Å². The molecule has 8 atom stereocenters. The third-order valence-corrected chi connectivity index (χ3v) is 7.03. The zero-order valence-electron chi connectivity index (χ0n) is 13.5. The Morgan fingerprint density at radius 3 is 2.39 bits per heavy atom. The number of ether oxygens (including phenoxy) is 1. The van der Waals surface area contributed by atoms with Crippen molar-refractivity contribution in [2.75, 3.05) is 0 Å². The van der Waals surface area contributed by atoms with Crippen LogP contribution in [0.2, 0.25) is 0 Å². The third kappa shape index (κ3) is 2.18. The number of carbonyl (C=O) groups excluding carboxylic acids is 1. The maximum atomic E-state index is 13.5. The van der Waals surface area contributed by atoms with E-state index in [1.165, 1.54) is 6.42 Å². The topological polar surface area (TPSA) is 26.3 Å². The molecule has 0 aliphatic heterocycles. The van der Waals surface area contributed by atoms with E-state index in [1.54, 1.807) is 0 Å². The van der Waals surface area contributed by atoms with Gasteiger partial charge in [-0.3, -0.25) is 4.79 Å². The second-order valence-corrected chi connectivity index (χ2v) is 8.28. The van der Waals surface area contributed by atoms with Crippen LogP contribution in [0.5, 0.6) is 0 Å². The minimum absolute atomic E-state index is 0.0278. The van der Waals surface area contributed by atoms with Crippen molar-refractivity contribution in [1.29, 1.82) is 0 Å². The van der Waals surface area contributed by atoms with Crippen LogP contribution in [0, 0.1) is 41.4 Å². The molecule has 4 rings (SSSR count). The minimum Gasteiger partial charge on any atom is -0.450 e. The highest BCUT2D eigenvalue weighted by atomic mass is 19.4. The molecule has 0 heterocycles. The van der Waals surface area contributed by atoms with Crippen molar-refractivity contribution in [3.05, 3.63) is 12.2 Å². The van der Waals surface area contributed by atoms with Crippen LogP contribution in [-0.2, 0) is 9.53 Å². The molecule has 4 bridgehead atoms. The average molecular weight is 328 g/mol. The first-order valence-electron chi connectivity index (χ1n) is 8.64. The molecule has 0 spiro atoms. The third-order valence-electron chi connectivity index (χ3n) is 7.03. The van der Waals surface area contributed by atoms with Crippen molar-refractivity contribution < 1.29 is 22.7 Å². The zero-order chi connectivity index (χ0) is 16.6. The molecule has 0 N–H and O–H groups in total. The number of fused-ring (bicyclic) bond motifs is 9. The van der Waals surface area contributed by atoms with Crippen LogP contribution in [0.3, 0.4) is 0 Å². The number of rotatable bonds is 3. The van der Waals surface area contributed by atoms with Gasteiger partial charge in [0.2, 0.25) is 5.60 Å². The SMILES string of the molecule is CC(=O)OC(C)(CC1CC2CC1C1C3C=CC(C3)C21)C(F)(F)F. The van der Waals surface area contributed by atoms with Gasteiger partial charge in [-0.25, -0.2) is 0 Å². The van der Waals surface area contributed by atoms with Crippen molar-refractivity contribution in [3.63, 3.8) is 0 Å². The molecule has 2 nitrogen and oxygen atoms in total. The maximum Gasteiger partial charge on any atom is 0.428 e. The smallest absolute Gasteiger partial charge is 0.428 e. The fourth-order valence-electron chi connectivity index (χ4n) is 6.42. The Morgan fingerprint density at radius 1 is 1.13 bits per heavy atom. The Labute approximate surface area is 134 Å². The summed E-state index contributed by atoms with van der Waals surface area (Å²) < 4.78 is 45.2. The quantitative estimate of drug-likeness (QED) is 0.437. The predicted octanol–water partition coefficient (Wildman–Crippen LogP) is 4.35. The van der Waals surface area contributed by atoms with E-state index in [1.807, 2.05) is 0 Å². The number of carbonyl (C=O) groups is 1. The summed E-state index contributed by atoms with van der Waals surface area (Å²) in [5.74, 6) is 2.65. The molecule has 4 aliphatic rings. The van der Waals surface area contributed by atoms with Gasteiger partial charge in [0, 0.05) is 6.92 Å². The van der Waals surface area contributed by atoms with E-state index in [-0.39, 0.29) is 12.3 Å². The highest BCUT2D eigenvalue weighted by molar-refractivity contribution is 5.66. The molecular formula is C18H23F3O2. The maximum absolute atomic E-state index is 13.5. The van der Waals surface area contributed by atoms with Crippen LogP contribution in [-0.4, -0.2) is 17.7 Å². The first kappa shape index (κ1) is 15.5. The van der Waals surface area contributed by atoms with Crippen molar-refractivity contribution in [1.82, 2.24) is 0 Å². The second-order valence-electron chi connectivity index (χ2n) is 8.28. The summed E-state index contributed by atoms with van der Waals surface area (Å²) in [6, 6.07) is 0. The lowest BCUT2D eigenvalue weighted by Crippen LogP contribution is -2.48. The largest absolute Gasteiger partial charge is 0.450 e. The highest BCUT2D eigenvalue weighted by Gasteiger charge is 2.63. The molecule has 0 aromatic rings. The lowest BCUT2D eigenvalue weighted by molar-refractivity contribution is -0.269. The molecule has 0 aromatic carbocycles. The van der Waals surface area contributed by atoms with Gasteiger partial charge >= 0.3 is 12.1 Å². The molecular weight excluding hydrogens is 305 g/mol. The van der Waals surface area contributed by atoms with Gasteiger partial charge in [0.1, 0.15) is 0 Å². The predicted molar refractivity (Wildman–Crippen MR) is 78.3 cm³/mol. The van der Waals surface area contributed by atoms with Crippen LogP contribution in [0.25, 0.3) is 0 Å². The minimum atomic E-state index is -4.52. The van der Waals surface area contributed by atoms with Gasteiger partial charge in [-0.2, -0.15) is 13.2 Å². The summed E-state index contributed by atoms with van der Waals surface area (Å²) in [5.41, 5.74) is -2.35. The number of hydrogen-bond acceptors (Lipinski definition) is 2. The first-order chi connectivity index (χ1) is 10.7. The van der Waals surface area contributed by atoms with E-state index in [2.05, 4.69) is 12.2 Å². The molecule has 0 amide bonds. The summed E-state index contributed by atoms with van der Waals surface area (Å²) >= 11 is 0. The summed E-state index contributed by atoms with van der Waals surface area (Å²) in [6.45, 7) is 2.10. The van der Waals surface area contributed by atoms with Gasteiger partial charge in [-0.05, 0) is 74.0 Å². The van der Waals surface area contributed by atoms with Gasteiger partial charge in [0.25, 0.3) is 0 Å². The van der Waals surface area contributed by atoms with Gasteiger partial charge in [0.15, 0.2) is 0 Å². The van der Waals surface area contributed by atoms with E-state index in [0.717, 1.165) is 26.7 Å². The Hall–Kier alpha value is -1.00. The summed E-state index contributed by atoms with van der Waals surface area (Å²) in [4.78, 5) is 11.2. The van der Waals surface area contributed by atoms with Crippen molar-refractivity contribution >= 4 is 5.97 Å². The van der Waals surface area contributed by atoms with Gasteiger partial charge in [0.05, 0.1) is 0 Å². The monoisotopic (exact) mass is 328 g/mol. The lowest BCUT2D eigenvalue weighted by atomic mass is 9.67. The molecule has 0 saturated heterocycles. The lowest BCUT2D eigenvalue weighted by Gasteiger charge is -2.40. The molecule has 3 fully saturated rings. The summed E-state index contributed by atoms with van der Waals surface area (Å²) in [7, 11) is 0. The van der Waals surface area contributed by atoms with E-state index in [9.17, 15) is 18.0 Å². The van der Waals surface area contributed by atoms with Crippen molar-refractivity contribution in [2.45, 2.75) is 51.3 Å². The molecule has 0 radical (unpaired) electrons. The Kier molecular flexibility index (Phi) is 3.21. The number of esters is 1. The molecule has 3 saturated carbocycles. The normalized spacial score (nSPS) is 46.0. The second kappa shape index (κ2) is 4.76. The molecule has 0 aromatic heterocycles. The van der Waals surface area contributed by atoms with E-state index >= 15 is 0 Å². The standard InChI is InChI=1S/C18H23F3O2/c1-9(22)23-17(2,18(19,20)21)8-13-6-12-7-14(13)16-11-4-3-10(5-11)15(12)16/h3-4,10-16H,5-8H2,1-2H3. The molecule has 128 valence electrons. The fraction of sp³-hybridized carbons (Fsp3) is 0.833. The average Bonchev–Trinajstić information content (AvgIpc) is 3.14. The van der Waals surface area contributed by atoms with Crippen LogP contribution in [0.1, 0.15) is 39.5 Å². The van der Waals surface area contributed by atoms with E-state index in [4.69, 9.17) is 4.74 Å². The summed E-state index contributed by atoms with van der Waals surface area (Å²) in [5, 5.41) is 0. The molecule has 23 heavy (non-hydrogen) atoms. The van der Waals surface area contributed by atoms with Crippen molar-refractivity contribution in [2.24, 2.45) is 41.4 Å². The number of hydrogen-bond donors (Lipinski definition) is 0. The Morgan fingerprint density at radius 2 is 1.78 bits per heavy atom. The van der Waals surface area contributed by atoms with Crippen molar-refractivity contribution in [3.8, 4) is 0 Å². The molecule has 5 heteroatoms. The van der Waals surface area contributed by atoms with Gasteiger partial charge in [-0.15, -0.1) is 0 Å². The fourth-order valence-corrected chi connectivity index (χ4v) is 6.42. The summed E-state index contributed by atoms with van der Waals surface area (Å²) in [6.07, 6.45) is 3.17. The van der Waals surface area contributed by atoms with Crippen LogP contribution in [0.4, 0.5) is 13.2 Å². The number of halogens is 3. The van der Waals surface area contributed by atoms with Crippen LogP contribution >= 0.6 is 0 Å².